The third-order valence-electron chi connectivity index (χ3n) is 2.86. The summed E-state index contributed by atoms with van der Waals surface area (Å²) in [5, 5.41) is 3.51. The van der Waals surface area contributed by atoms with Crippen molar-refractivity contribution in [3.8, 4) is 0 Å². The van der Waals surface area contributed by atoms with Gasteiger partial charge in [0.25, 0.3) is 0 Å². The lowest BCUT2D eigenvalue weighted by Gasteiger charge is -2.35. The number of nitrogens with zero attached hydrogens (tertiary/aromatic N) is 1. The van der Waals surface area contributed by atoms with E-state index >= 15 is 0 Å². The van der Waals surface area contributed by atoms with Gasteiger partial charge in [0, 0.05) is 25.2 Å². The van der Waals surface area contributed by atoms with Crippen molar-refractivity contribution in [2.75, 3.05) is 19.6 Å². The molecule has 0 spiro atoms. The van der Waals surface area contributed by atoms with Crippen molar-refractivity contribution < 1.29 is 0 Å². The van der Waals surface area contributed by atoms with Crippen molar-refractivity contribution in [2.45, 2.75) is 31.8 Å². The molecule has 2 heterocycles. The molecule has 2 saturated heterocycles. The molecule has 2 rings (SSSR count). The molecule has 10 heavy (non-hydrogen) atoms. The third-order valence-corrected chi connectivity index (χ3v) is 2.86. The number of fused-ring (bicyclic) bond motifs is 1. The maximum Gasteiger partial charge on any atom is 0.0247 e. The summed E-state index contributed by atoms with van der Waals surface area (Å²) in [4.78, 5) is 2.63. The molecule has 2 nitrogen and oxygen atoms in total. The van der Waals surface area contributed by atoms with E-state index in [2.05, 4.69) is 17.1 Å². The normalized spacial score (nSPS) is 41.7. The van der Waals surface area contributed by atoms with Crippen LogP contribution in [-0.4, -0.2) is 36.6 Å². The average molecular weight is 140 g/mol. The molecule has 0 amide bonds. The van der Waals surface area contributed by atoms with E-state index in [1.54, 1.807) is 0 Å². The quantitative estimate of drug-likeness (QED) is 0.525. The molecule has 0 bridgehead atoms. The number of hydrogen-bond acceptors (Lipinski definition) is 2. The molecule has 0 radical (unpaired) electrons. The van der Waals surface area contributed by atoms with E-state index in [0.29, 0.717) is 0 Å². The summed E-state index contributed by atoms with van der Waals surface area (Å²) in [6.45, 7) is 6.12. The van der Waals surface area contributed by atoms with Crippen molar-refractivity contribution in [1.29, 1.82) is 0 Å². The van der Waals surface area contributed by atoms with E-state index in [1.807, 2.05) is 0 Å². The molecule has 0 aromatic heterocycles. The van der Waals surface area contributed by atoms with E-state index in [-0.39, 0.29) is 0 Å². The maximum atomic E-state index is 3.51. The lowest BCUT2D eigenvalue weighted by molar-refractivity contribution is 0.171. The van der Waals surface area contributed by atoms with Crippen molar-refractivity contribution >= 4 is 0 Å². The fourth-order valence-electron chi connectivity index (χ4n) is 2.27. The predicted octanol–water partition coefficient (Wildman–Crippen LogP) is 0.442. The standard InChI is InChI=1S/C8H16N2/c1-7-8-3-2-5-10(8)6-4-9-7/h7-9H,2-6H2,1H3. The highest BCUT2D eigenvalue weighted by Crippen LogP contribution is 2.21. The van der Waals surface area contributed by atoms with Gasteiger partial charge in [-0.15, -0.1) is 0 Å². The van der Waals surface area contributed by atoms with Crippen LogP contribution >= 0.6 is 0 Å². The zero-order valence-corrected chi connectivity index (χ0v) is 6.64. The minimum absolute atomic E-state index is 0.733. The van der Waals surface area contributed by atoms with Crippen LogP contribution in [0.5, 0.6) is 0 Å². The van der Waals surface area contributed by atoms with Gasteiger partial charge in [-0.05, 0) is 26.3 Å². The Morgan fingerprint density at radius 1 is 1.40 bits per heavy atom. The average Bonchev–Trinajstić information content (AvgIpc) is 2.36. The largest absolute Gasteiger partial charge is 0.311 e. The van der Waals surface area contributed by atoms with Crippen LogP contribution < -0.4 is 5.32 Å². The van der Waals surface area contributed by atoms with Crippen molar-refractivity contribution in [2.24, 2.45) is 0 Å². The Morgan fingerprint density at radius 2 is 2.30 bits per heavy atom. The van der Waals surface area contributed by atoms with Gasteiger partial charge in [-0.3, -0.25) is 4.90 Å². The molecule has 0 aliphatic carbocycles. The van der Waals surface area contributed by atoms with Gasteiger partial charge in [0.15, 0.2) is 0 Å². The third kappa shape index (κ3) is 0.956. The number of piperazine rings is 1. The molecule has 2 aliphatic heterocycles. The number of rotatable bonds is 0. The van der Waals surface area contributed by atoms with Crippen LogP contribution in [0.3, 0.4) is 0 Å². The van der Waals surface area contributed by atoms with E-state index in [1.165, 1.54) is 32.5 Å². The molecule has 0 aromatic carbocycles. The van der Waals surface area contributed by atoms with Gasteiger partial charge >= 0.3 is 0 Å². The van der Waals surface area contributed by atoms with Crippen LogP contribution in [-0.2, 0) is 0 Å². The van der Waals surface area contributed by atoms with Gasteiger partial charge in [0.05, 0.1) is 0 Å². The predicted molar refractivity (Wildman–Crippen MR) is 42.1 cm³/mol. The van der Waals surface area contributed by atoms with E-state index in [0.717, 1.165) is 12.1 Å². The first-order valence-corrected chi connectivity index (χ1v) is 4.35. The Hall–Kier alpha value is -0.0800. The Bertz CT molecular complexity index is 124. The first-order valence-electron chi connectivity index (χ1n) is 4.35. The van der Waals surface area contributed by atoms with Crippen molar-refractivity contribution in [3.05, 3.63) is 0 Å². The summed E-state index contributed by atoms with van der Waals surface area (Å²) in [7, 11) is 0. The molecule has 2 heteroatoms. The number of nitrogens with one attached hydrogen (secondary N) is 1. The summed E-state index contributed by atoms with van der Waals surface area (Å²) < 4.78 is 0. The highest BCUT2D eigenvalue weighted by atomic mass is 15.2. The molecule has 0 saturated carbocycles. The first-order chi connectivity index (χ1) is 4.88. The van der Waals surface area contributed by atoms with Gasteiger partial charge in [0.2, 0.25) is 0 Å². The highest BCUT2D eigenvalue weighted by molar-refractivity contribution is 4.90. The fraction of sp³-hybridized carbons (Fsp3) is 1.00. The van der Waals surface area contributed by atoms with Gasteiger partial charge in [0.1, 0.15) is 0 Å². The topological polar surface area (TPSA) is 15.3 Å². The van der Waals surface area contributed by atoms with Gasteiger partial charge < -0.3 is 5.32 Å². The van der Waals surface area contributed by atoms with E-state index in [9.17, 15) is 0 Å². The molecule has 1 N–H and O–H groups in total. The van der Waals surface area contributed by atoms with Crippen LogP contribution in [0.25, 0.3) is 0 Å². The lowest BCUT2D eigenvalue weighted by Crippen LogP contribution is -2.53. The molecular formula is C8H16N2. The van der Waals surface area contributed by atoms with Gasteiger partial charge in [-0.1, -0.05) is 0 Å². The minimum atomic E-state index is 0.733. The van der Waals surface area contributed by atoms with Crippen LogP contribution in [0.1, 0.15) is 19.8 Å². The fourth-order valence-corrected chi connectivity index (χ4v) is 2.27. The second-order valence-corrected chi connectivity index (χ2v) is 3.49. The summed E-state index contributed by atoms with van der Waals surface area (Å²) in [6.07, 6.45) is 2.82. The molecule has 0 aromatic rings. The maximum absolute atomic E-state index is 3.51. The summed E-state index contributed by atoms with van der Waals surface area (Å²) in [5.74, 6) is 0. The molecule has 2 atom stereocenters. The van der Waals surface area contributed by atoms with E-state index in [4.69, 9.17) is 0 Å². The number of hydrogen-bond donors (Lipinski definition) is 1. The Morgan fingerprint density at radius 3 is 3.10 bits per heavy atom. The molecule has 58 valence electrons. The Balaban J connectivity index is 2.03. The highest BCUT2D eigenvalue weighted by Gasteiger charge is 2.31. The Kier molecular flexibility index (Phi) is 1.66. The molecular weight excluding hydrogens is 124 g/mol. The zero-order chi connectivity index (χ0) is 6.97. The first kappa shape index (κ1) is 6.62. The molecule has 2 aliphatic rings. The van der Waals surface area contributed by atoms with Crippen LogP contribution in [0, 0.1) is 0 Å². The summed E-state index contributed by atoms with van der Waals surface area (Å²) in [6, 6.07) is 1.59. The van der Waals surface area contributed by atoms with Crippen molar-refractivity contribution in [1.82, 2.24) is 10.2 Å². The second kappa shape index (κ2) is 2.51. The monoisotopic (exact) mass is 140 g/mol. The summed E-state index contributed by atoms with van der Waals surface area (Å²) in [5.41, 5.74) is 0. The zero-order valence-electron chi connectivity index (χ0n) is 6.64. The molecule has 2 unspecified atom stereocenters. The van der Waals surface area contributed by atoms with Gasteiger partial charge in [-0.2, -0.15) is 0 Å². The minimum Gasteiger partial charge on any atom is -0.311 e. The van der Waals surface area contributed by atoms with E-state index < -0.39 is 0 Å². The Labute approximate surface area is 62.6 Å². The van der Waals surface area contributed by atoms with Crippen molar-refractivity contribution in [3.63, 3.8) is 0 Å². The lowest BCUT2D eigenvalue weighted by atomic mass is 10.1. The van der Waals surface area contributed by atoms with Crippen LogP contribution in [0.15, 0.2) is 0 Å². The smallest absolute Gasteiger partial charge is 0.0247 e. The van der Waals surface area contributed by atoms with Gasteiger partial charge in [-0.25, -0.2) is 0 Å². The van der Waals surface area contributed by atoms with Crippen LogP contribution in [0.4, 0.5) is 0 Å². The summed E-state index contributed by atoms with van der Waals surface area (Å²) >= 11 is 0. The van der Waals surface area contributed by atoms with Crippen LogP contribution in [0.2, 0.25) is 0 Å². The second-order valence-electron chi connectivity index (χ2n) is 3.49. The SMILES string of the molecule is CC1NCCN2CCCC12. The molecule has 2 fully saturated rings.